The van der Waals surface area contributed by atoms with Gasteiger partial charge < -0.3 is 16.8 Å². The van der Waals surface area contributed by atoms with Crippen molar-refractivity contribution in [1.82, 2.24) is 5.32 Å². The van der Waals surface area contributed by atoms with Crippen LogP contribution in [0.5, 0.6) is 0 Å². The van der Waals surface area contributed by atoms with E-state index in [1.165, 1.54) is 0 Å². The van der Waals surface area contributed by atoms with E-state index in [4.69, 9.17) is 11.5 Å². The summed E-state index contributed by atoms with van der Waals surface area (Å²) < 4.78 is 0. The third-order valence-corrected chi connectivity index (χ3v) is 2.11. The first-order valence-electron chi connectivity index (χ1n) is 4.94. The molecule has 0 aromatic heterocycles. The highest BCUT2D eigenvalue weighted by Crippen LogP contribution is 2.04. The van der Waals surface area contributed by atoms with Gasteiger partial charge in [0.2, 0.25) is 5.91 Å². The molecular weight excluding hydrogens is 190 g/mol. The predicted octanol–water partition coefficient (Wildman–Crippen LogP) is 0.109. The summed E-state index contributed by atoms with van der Waals surface area (Å²) in [5.41, 5.74) is 13.0. The first-order valence-corrected chi connectivity index (χ1v) is 4.94. The summed E-state index contributed by atoms with van der Waals surface area (Å²) in [6.07, 6.45) is 0. The highest BCUT2D eigenvalue weighted by atomic mass is 16.2. The molecule has 15 heavy (non-hydrogen) atoms. The van der Waals surface area contributed by atoms with Gasteiger partial charge in [-0.2, -0.15) is 0 Å². The number of hydrogen-bond donors (Lipinski definition) is 3. The minimum atomic E-state index is -0.470. The molecule has 1 aromatic rings. The van der Waals surface area contributed by atoms with Crippen molar-refractivity contribution in [3.8, 4) is 0 Å². The van der Waals surface area contributed by atoms with Gasteiger partial charge in [-0.1, -0.05) is 24.3 Å². The standard InChI is InChI=1S/C11H17N3O/c1-8(13)11(15)14-7-10-4-2-3-9(5-10)6-12/h2-5,8H,6-7,12-13H2,1H3,(H,14,15). The zero-order valence-corrected chi connectivity index (χ0v) is 8.86. The molecule has 0 radical (unpaired) electrons. The molecule has 5 N–H and O–H groups in total. The second-order valence-electron chi connectivity index (χ2n) is 3.53. The maximum Gasteiger partial charge on any atom is 0.236 e. The van der Waals surface area contributed by atoms with Crippen LogP contribution in [-0.4, -0.2) is 11.9 Å². The summed E-state index contributed by atoms with van der Waals surface area (Å²) in [4.78, 5) is 11.2. The molecule has 0 aliphatic rings. The normalized spacial score (nSPS) is 12.2. The zero-order valence-electron chi connectivity index (χ0n) is 8.86. The van der Waals surface area contributed by atoms with E-state index < -0.39 is 6.04 Å². The Labute approximate surface area is 89.6 Å². The van der Waals surface area contributed by atoms with Crippen LogP contribution in [0.4, 0.5) is 0 Å². The lowest BCUT2D eigenvalue weighted by Gasteiger charge is -2.08. The molecule has 1 rings (SSSR count). The number of carbonyl (C=O) groups excluding carboxylic acids is 1. The summed E-state index contributed by atoms with van der Waals surface area (Å²) in [6.45, 7) is 2.66. The van der Waals surface area contributed by atoms with Crippen LogP contribution in [0.2, 0.25) is 0 Å². The third kappa shape index (κ3) is 3.69. The molecule has 1 amide bonds. The molecule has 1 aromatic carbocycles. The quantitative estimate of drug-likeness (QED) is 0.655. The fourth-order valence-corrected chi connectivity index (χ4v) is 1.22. The number of carbonyl (C=O) groups is 1. The van der Waals surface area contributed by atoms with Gasteiger partial charge in [0.05, 0.1) is 6.04 Å². The molecule has 0 bridgehead atoms. The van der Waals surface area contributed by atoms with Gasteiger partial charge in [-0.05, 0) is 18.1 Å². The Kier molecular flexibility index (Phi) is 4.27. The van der Waals surface area contributed by atoms with Crippen LogP contribution in [0.3, 0.4) is 0 Å². The number of amides is 1. The van der Waals surface area contributed by atoms with Gasteiger partial charge in [0.15, 0.2) is 0 Å². The van der Waals surface area contributed by atoms with Crippen LogP contribution in [-0.2, 0) is 17.9 Å². The van der Waals surface area contributed by atoms with Crippen LogP contribution < -0.4 is 16.8 Å². The Morgan fingerprint density at radius 2 is 2.13 bits per heavy atom. The number of nitrogens with one attached hydrogen (secondary N) is 1. The molecule has 4 heteroatoms. The Hall–Kier alpha value is -1.39. The molecule has 0 spiro atoms. The fourth-order valence-electron chi connectivity index (χ4n) is 1.22. The van der Waals surface area contributed by atoms with Crippen molar-refractivity contribution in [2.24, 2.45) is 11.5 Å². The minimum Gasteiger partial charge on any atom is -0.351 e. The Morgan fingerprint density at radius 3 is 2.73 bits per heavy atom. The van der Waals surface area contributed by atoms with Gasteiger partial charge in [-0.3, -0.25) is 4.79 Å². The van der Waals surface area contributed by atoms with Crippen LogP contribution in [0.1, 0.15) is 18.1 Å². The van der Waals surface area contributed by atoms with Crippen molar-refractivity contribution in [2.75, 3.05) is 0 Å². The Bertz CT molecular complexity index is 336. The minimum absolute atomic E-state index is 0.145. The molecule has 0 saturated carbocycles. The van der Waals surface area contributed by atoms with Gasteiger partial charge in [0.25, 0.3) is 0 Å². The average molecular weight is 207 g/mol. The van der Waals surface area contributed by atoms with Crippen LogP contribution in [0.25, 0.3) is 0 Å². The van der Waals surface area contributed by atoms with E-state index in [2.05, 4.69) is 5.32 Å². The summed E-state index contributed by atoms with van der Waals surface area (Å²) in [5, 5.41) is 2.74. The summed E-state index contributed by atoms with van der Waals surface area (Å²) in [7, 11) is 0. The van der Waals surface area contributed by atoms with Crippen LogP contribution in [0.15, 0.2) is 24.3 Å². The van der Waals surface area contributed by atoms with Gasteiger partial charge in [-0.15, -0.1) is 0 Å². The molecule has 1 atom stereocenters. The van der Waals surface area contributed by atoms with Crippen LogP contribution in [0, 0.1) is 0 Å². The Morgan fingerprint density at radius 1 is 1.47 bits per heavy atom. The molecule has 0 aliphatic carbocycles. The molecule has 0 saturated heterocycles. The number of nitrogens with two attached hydrogens (primary N) is 2. The predicted molar refractivity (Wildman–Crippen MR) is 59.8 cm³/mol. The number of rotatable bonds is 4. The van der Waals surface area contributed by atoms with E-state index >= 15 is 0 Å². The largest absolute Gasteiger partial charge is 0.351 e. The summed E-state index contributed by atoms with van der Waals surface area (Å²) >= 11 is 0. The number of hydrogen-bond acceptors (Lipinski definition) is 3. The van der Waals surface area contributed by atoms with Crippen molar-refractivity contribution in [3.63, 3.8) is 0 Å². The fraction of sp³-hybridized carbons (Fsp3) is 0.364. The second-order valence-corrected chi connectivity index (χ2v) is 3.53. The highest BCUT2D eigenvalue weighted by Gasteiger charge is 2.05. The van der Waals surface area contributed by atoms with E-state index in [0.717, 1.165) is 11.1 Å². The molecule has 4 nitrogen and oxygen atoms in total. The molecule has 1 unspecified atom stereocenters. The lowest BCUT2D eigenvalue weighted by Crippen LogP contribution is -2.37. The topological polar surface area (TPSA) is 81.1 Å². The smallest absolute Gasteiger partial charge is 0.236 e. The Balaban J connectivity index is 2.54. The molecule has 0 aliphatic heterocycles. The first-order chi connectivity index (χ1) is 7.13. The van der Waals surface area contributed by atoms with Crippen molar-refractivity contribution < 1.29 is 4.79 Å². The van der Waals surface area contributed by atoms with Crippen molar-refractivity contribution in [2.45, 2.75) is 26.1 Å². The lowest BCUT2D eigenvalue weighted by molar-refractivity contribution is -0.122. The molecule has 0 heterocycles. The zero-order chi connectivity index (χ0) is 11.3. The van der Waals surface area contributed by atoms with Gasteiger partial charge in [0.1, 0.15) is 0 Å². The highest BCUT2D eigenvalue weighted by molar-refractivity contribution is 5.80. The van der Waals surface area contributed by atoms with Gasteiger partial charge in [0, 0.05) is 13.1 Å². The van der Waals surface area contributed by atoms with E-state index in [1.54, 1.807) is 6.92 Å². The summed E-state index contributed by atoms with van der Waals surface area (Å²) in [5.74, 6) is -0.145. The lowest BCUT2D eigenvalue weighted by atomic mass is 10.1. The monoisotopic (exact) mass is 207 g/mol. The van der Waals surface area contributed by atoms with Crippen LogP contribution >= 0.6 is 0 Å². The summed E-state index contributed by atoms with van der Waals surface area (Å²) in [6, 6.07) is 7.33. The van der Waals surface area contributed by atoms with E-state index in [-0.39, 0.29) is 5.91 Å². The van der Waals surface area contributed by atoms with E-state index in [9.17, 15) is 4.79 Å². The average Bonchev–Trinajstić information content (AvgIpc) is 2.26. The molecular formula is C11H17N3O. The third-order valence-electron chi connectivity index (χ3n) is 2.11. The van der Waals surface area contributed by atoms with Crippen molar-refractivity contribution >= 4 is 5.91 Å². The van der Waals surface area contributed by atoms with Crippen molar-refractivity contribution in [1.29, 1.82) is 0 Å². The second kappa shape index (κ2) is 5.48. The van der Waals surface area contributed by atoms with Gasteiger partial charge in [-0.25, -0.2) is 0 Å². The SMILES string of the molecule is CC(N)C(=O)NCc1cccc(CN)c1. The van der Waals surface area contributed by atoms with E-state index in [1.807, 2.05) is 24.3 Å². The van der Waals surface area contributed by atoms with Gasteiger partial charge >= 0.3 is 0 Å². The van der Waals surface area contributed by atoms with E-state index in [0.29, 0.717) is 13.1 Å². The molecule has 82 valence electrons. The maximum absolute atomic E-state index is 11.2. The maximum atomic E-state index is 11.2. The molecule has 0 fully saturated rings. The number of benzene rings is 1. The first kappa shape index (κ1) is 11.7. The van der Waals surface area contributed by atoms with Crippen molar-refractivity contribution in [3.05, 3.63) is 35.4 Å².